The zero-order chi connectivity index (χ0) is 19.1. The highest BCUT2D eigenvalue weighted by Gasteiger charge is 2.11. The average molecular weight is 358 g/mol. The van der Waals surface area contributed by atoms with Crippen LogP contribution in [-0.4, -0.2) is 18.4 Å². The first kappa shape index (κ1) is 18.4. The first-order chi connectivity index (χ1) is 13.1. The molecule has 0 fully saturated rings. The molecule has 3 aromatic rings. The second kappa shape index (κ2) is 8.81. The molecular weight excluding hydrogens is 336 g/mol. The van der Waals surface area contributed by atoms with Crippen LogP contribution in [0.4, 0.5) is 0 Å². The van der Waals surface area contributed by atoms with Gasteiger partial charge in [0, 0.05) is 13.5 Å². The van der Waals surface area contributed by atoms with Crippen molar-refractivity contribution >= 4 is 28.7 Å². The number of carbonyl (C=O) groups is 2. The molecule has 0 radical (unpaired) electrons. The van der Waals surface area contributed by atoms with Crippen molar-refractivity contribution in [2.24, 2.45) is 0 Å². The Bertz CT molecular complexity index is 973. The second-order valence-electron chi connectivity index (χ2n) is 6.29. The Labute approximate surface area is 158 Å². The highest BCUT2D eigenvalue weighted by molar-refractivity contribution is 6.00. The van der Waals surface area contributed by atoms with E-state index >= 15 is 0 Å². The van der Waals surface area contributed by atoms with Crippen LogP contribution in [0.1, 0.15) is 18.1 Å². The van der Waals surface area contributed by atoms with Crippen LogP contribution in [0, 0.1) is 0 Å². The molecule has 0 unspecified atom stereocenters. The van der Waals surface area contributed by atoms with Crippen molar-refractivity contribution in [3.8, 4) is 0 Å². The third-order valence-electron chi connectivity index (χ3n) is 4.23. The number of hydrogen-bond donors (Lipinski definition) is 2. The third kappa shape index (κ3) is 5.05. The van der Waals surface area contributed by atoms with Crippen LogP contribution in [0.25, 0.3) is 16.8 Å². The van der Waals surface area contributed by atoms with Gasteiger partial charge in [-0.15, -0.1) is 0 Å². The lowest BCUT2D eigenvalue weighted by molar-refractivity contribution is -0.122. The van der Waals surface area contributed by atoms with Crippen LogP contribution in [0.2, 0.25) is 0 Å². The number of rotatable bonds is 6. The zero-order valence-electron chi connectivity index (χ0n) is 15.2. The first-order valence-corrected chi connectivity index (χ1v) is 8.92. The van der Waals surface area contributed by atoms with Crippen molar-refractivity contribution in [1.82, 2.24) is 10.6 Å². The Hall–Kier alpha value is -3.40. The Morgan fingerprint density at radius 2 is 1.59 bits per heavy atom. The maximum Gasteiger partial charge on any atom is 0.267 e. The molecule has 27 heavy (non-hydrogen) atoms. The molecule has 0 aromatic heterocycles. The molecule has 0 saturated carbocycles. The third-order valence-corrected chi connectivity index (χ3v) is 4.23. The van der Waals surface area contributed by atoms with Gasteiger partial charge in [0.2, 0.25) is 5.91 Å². The summed E-state index contributed by atoms with van der Waals surface area (Å²) in [7, 11) is 0. The predicted molar refractivity (Wildman–Crippen MR) is 109 cm³/mol. The van der Waals surface area contributed by atoms with Crippen LogP contribution in [-0.2, 0) is 16.0 Å². The summed E-state index contributed by atoms with van der Waals surface area (Å²) in [6.45, 7) is 1.88. The SMILES string of the molecule is CC(=O)N/C(=C\c1ccccc1)C(=O)NCCc1cccc2ccccc12. The number of hydrogen-bond acceptors (Lipinski definition) is 2. The standard InChI is InChI=1S/C23H22N2O2/c1-17(26)25-22(16-18-8-3-2-4-9-18)23(27)24-15-14-20-12-7-11-19-10-5-6-13-21(19)20/h2-13,16H,14-15H2,1H3,(H,24,27)(H,25,26)/b22-16-. The Morgan fingerprint density at radius 3 is 2.37 bits per heavy atom. The van der Waals surface area contributed by atoms with E-state index in [2.05, 4.69) is 34.9 Å². The van der Waals surface area contributed by atoms with E-state index in [0.29, 0.717) is 13.0 Å². The average Bonchev–Trinajstić information content (AvgIpc) is 2.68. The summed E-state index contributed by atoms with van der Waals surface area (Å²) < 4.78 is 0. The van der Waals surface area contributed by atoms with E-state index in [1.165, 1.54) is 23.3 Å². The highest BCUT2D eigenvalue weighted by Crippen LogP contribution is 2.18. The number of nitrogens with one attached hydrogen (secondary N) is 2. The van der Waals surface area contributed by atoms with E-state index in [-0.39, 0.29) is 17.5 Å². The summed E-state index contributed by atoms with van der Waals surface area (Å²) in [5, 5.41) is 7.89. The quantitative estimate of drug-likeness (QED) is 0.661. The highest BCUT2D eigenvalue weighted by atomic mass is 16.2. The van der Waals surface area contributed by atoms with E-state index in [9.17, 15) is 9.59 Å². The summed E-state index contributed by atoms with van der Waals surface area (Å²) in [6.07, 6.45) is 2.39. The molecule has 136 valence electrons. The molecule has 0 spiro atoms. The van der Waals surface area contributed by atoms with Crippen LogP contribution in [0.5, 0.6) is 0 Å². The minimum atomic E-state index is -0.297. The van der Waals surface area contributed by atoms with Crippen molar-refractivity contribution in [2.75, 3.05) is 6.54 Å². The minimum absolute atomic E-state index is 0.242. The summed E-state index contributed by atoms with van der Waals surface area (Å²) in [4.78, 5) is 24.0. The summed E-state index contributed by atoms with van der Waals surface area (Å²) in [6, 6.07) is 23.8. The summed E-state index contributed by atoms with van der Waals surface area (Å²) >= 11 is 0. The molecule has 0 atom stereocenters. The molecule has 3 rings (SSSR count). The molecule has 0 aliphatic carbocycles. The minimum Gasteiger partial charge on any atom is -0.350 e. The van der Waals surface area contributed by atoms with E-state index in [1.807, 2.05) is 48.5 Å². The van der Waals surface area contributed by atoms with Gasteiger partial charge in [0.15, 0.2) is 0 Å². The largest absolute Gasteiger partial charge is 0.350 e. The molecule has 4 heteroatoms. The van der Waals surface area contributed by atoms with E-state index in [1.54, 1.807) is 6.08 Å². The fourth-order valence-electron chi connectivity index (χ4n) is 2.98. The van der Waals surface area contributed by atoms with Crippen molar-refractivity contribution in [1.29, 1.82) is 0 Å². The van der Waals surface area contributed by atoms with Gasteiger partial charge >= 0.3 is 0 Å². The van der Waals surface area contributed by atoms with Crippen molar-refractivity contribution < 1.29 is 9.59 Å². The topological polar surface area (TPSA) is 58.2 Å². The second-order valence-corrected chi connectivity index (χ2v) is 6.29. The van der Waals surface area contributed by atoms with Crippen LogP contribution in [0.3, 0.4) is 0 Å². The Morgan fingerprint density at radius 1 is 0.889 bits per heavy atom. The molecule has 0 bridgehead atoms. The van der Waals surface area contributed by atoms with Crippen molar-refractivity contribution in [2.45, 2.75) is 13.3 Å². The van der Waals surface area contributed by atoms with Gasteiger partial charge in [-0.2, -0.15) is 0 Å². The predicted octanol–water partition coefficient (Wildman–Crippen LogP) is 3.68. The lowest BCUT2D eigenvalue weighted by atomic mass is 10.0. The number of fused-ring (bicyclic) bond motifs is 1. The van der Waals surface area contributed by atoms with Gasteiger partial charge < -0.3 is 10.6 Å². The fourth-order valence-corrected chi connectivity index (χ4v) is 2.98. The maximum atomic E-state index is 12.5. The Balaban J connectivity index is 1.69. The molecule has 4 nitrogen and oxygen atoms in total. The summed E-state index contributed by atoms with van der Waals surface area (Å²) in [5.41, 5.74) is 2.28. The molecule has 2 amide bonds. The molecule has 0 aliphatic rings. The van der Waals surface area contributed by atoms with Gasteiger partial charge in [-0.05, 0) is 34.4 Å². The molecule has 0 saturated heterocycles. The number of carbonyl (C=O) groups excluding carboxylic acids is 2. The van der Waals surface area contributed by atoms with Gasteiger partial charge in [0.1, 0.15) is 5.70 Å². The number of amides is 2. The summed E-state index contributed by atoms with van der Waals surface area (Å²) in [5.74, 6) is -0.573. The Kier molecular flexibility index (Phi) is 6.00. The molecular formula is C23H22N2O2. The zero-order valence-corrected chi connectivity index (χ0v) is 15.2. The first-order valence-electron chi connectivity index (χ1n) is 8.92. The molecule has 2 N–H and O–H groups in total. The van der Waals surface area contributed by atoms with Crippen LogP contribution >= 0.6 is 0 Å². The van der Waals surface area contributed by atoms with E-state index in [0.717, 1.165) is 5.56 Å². The lowest BCUT2D eigenvalue weighted by Crippen LogP contribution is -2.34. The molecule has 3 aromatic carbocycles. The number of benzene rings is 3. The maximum absolute atomic E-state index is 12.5. The smallest absolute Gasteiger partial charge is 0.267 e. The molecule has 0 aliphatic heterocycles. The monoisotopic (exact) mass is 358 g/mol. The van der Waals surface area contributed by atoms with Crippen molar-refractivity contribution in [3.05, 3.63) is 89.6 Å². The van der Waals surface area contributed by atoms with Gasteiger partial charge in [0.25, 0.3) is 5.91 Å². The van der Waals surface area contributed by atoms with E-state index in [4.69, 9.17) is 0 Å². The van der Waals surface area contributed by atoms with Gasteiger partial charge in [-0.25, -0.2) is 0 Å². The van der Waals surface area contributed by atoms with Gasteiger partial charge in [-0.3, -0.25) is 9.59 Å². The van der Waals surface area contributed by atoms with E-state index < -0.39 is 0 Å². The van der Waals surface area contributed by atoms with Gasteiger partial charge in [0.05, 0.1) is 0 Å². The fraction of sp³-hybridized carbons (Fsp3) is 0.130. The molecule has 0 heterocycles. The normalized spacial score (nSPS) is 11.2. The lowest BCUT2D eigenvalue weighted by Gasteiger charge is -2.11. The van der Waals surface area contributed by atoms with Crippen molar-refractivity contribution in [3.63, 3.8) is 0 Å². The van der Waals surface area contributed by atoms with Crippen LogP contribution in [0.15, 0.2) is 78.5 Å². The van der Waals surface area contributed by atoms with Crippen LogP contribution < -0.4 is 10.6 Å². The van der Waals surface area contributed by atoms with Gasteiger partial charge in [-0.1, -0.05) is 72.8 Å².